The maximum Gasteiger partial charge on any atom is 0.276 e. The minimum absolute atomic E-state index is 0.0359. The van der Waals surface area contributed by atoms with Crippen LogP contribution in [0.1, 0.15) is 24.1 Å². The van der Waals surface area contributed by atoms with Crippen LogP contribution >= 0.6 is 11.6 Å². The lowest BCUT2D eigenvalue weighted by molar-refractivity contribution is -0.385. The largest absolute Gasteiger partial charge is 0.488 e. The Morgan fingerprint density at radius 2 is 2.05 bits per heavy atom. The molecule has 110 valence electrons. The van der Waals surface area contributed by atoms with E-state index >= 15 is 0 Å². The molecule has 2 rings (SSSR count). The molecule has 0 aliphatic rings. The van der Waals surface area contributed by atoms with Crippen molar-refractivity contribution in [1.29, 1.82) is 0 Å². The van der Waals surface area contributed by atoms with E-state index in [4.69, 9.17) is 22.1 Å². The Morgan fingerprint density at radius 3 is 2.71 bits per heavy atom. The Hall–Kier alpha value is -2.11. The van der Waals surface area contributed by atoms with Crippen molar-refractivity contribution in [2.24, 2.45) is 5.73 Å². The van der Waals surface area contributed by atoms with Crippen molar-refractivity contribution in [3.05, 3.63) is 68.7 Å². The summed E-state index contributed by atoms with van der Waals surface area (Å²) >= 11 is 5.94. The van der Waals surface area contributed by atoms with Gasteiger partial charge in [-0.25, -0.2) is 0 Å². The van der Waals surface area contributed by atoms with Crippen LogP contribution in [0.25, 0.3) is 0 Å². The molecule has 0 aliphatic carbocycles. The van der Waals surface area contributed by atoms with Crippen LogP contribution in [0.4, 0.5) is 5.69 Å². The van der Waals surface area contributed by atoms with Gasteiger partial charge in [0.1, 0.15) is 12.4 Å². The van der Waals surface area contributed by atoms with E-state index in [0.717, 1.165) is 5.56 Å². The van der Waals surface area contributed by atoms with Crippen LogP contribution in [0.15, 0.2) is 42.5 Å². The summed E-state index contributed by atoms with van der Waals surface area (Å²) in [5.41, 5.74) is 7.19. The minimum atomic E-state index is -0.424. The number of rotatable bonds is 5. The molecule has 2 N–H and O–H groups in total. The molecule has 5 nitrogen and oxygen atoms in total. The molecular weight excluding hydrogens is 292 g/mol. The van der Waals surface area contributed by atoms with Crippen LogP contribution in [-0.2, 0) is 6.61 Å². The summed E-state index contributed by atoms with van der Waals surface area (Å²) in [6, 6.07) is 11.4. The van der Waals surface area contributed by atoms with E-state index < -0.39 is 4.92 Å². The molecule has 0 saturated heterocycles. The van der Waals surface area contributed by atoms with E-state index in [-0.39, 0.29) is 18.3 Å². The normalized spacial score (nSPS) is 12.0. The molecule has 0 bridgehead atoms. The molecule has 0 fully saturated rings. The summed E-state index contributed by atoms with van der Waals surface area (Å²) < 4.78 is 5.69. The van der Waals surface area contributed by atoms with Crippen molar-refractivity contribution in [3.8, 4) is 5.75 Å². The van der Waals surface area contributed by atoms with E-state index in [2.05, 4.69) is 0 Å². The first-order valence-electron chi connectivity index (χ1n) is 6.39. The molecule has 0 saturated carbocycles. The van der Waals surface area contributed by atoms with E-state index in [1.807, 2.05) is 6.92 Å². The van der Waals surface area contributed by atoms with Crippen LogP contribution in [0.3, 0.4) is 0 Å². The number of ether oxygens (including phenoxy) is 1. The summed E-state index contributed by atoms with van der Waals surface area (Å²) in [6.45, 7) is 1.92. The first kappa shape index (κ1) is 15.3. The average molecular weight is 307 g/mol. The molecule has 0 radical (unpaired) electrons. The van der Waals surface area contributed by atoms with Crippen molar-refractivity contribution in [3.63, 3.8) is 0 Å². The van der Waals surface area contributed by atoms with Gasteiger partial charge in [-0.3, -0.25) is 10.1 Å². The minimum Gasteiger partial charge on any atom is -0.488 e. The fourth-order valence-corrected chi connectivity index (χ4v) is 2.15. The fourth-order valence-electron chi connectivity index (χ4n) is 1.97. The highest BCUT2D eigenvalue weighted by atomic mass is 35.5. The smallest absolute Gasteiger partial charge is 0.276 e. The van der Waals surface area contributed by atoms with Gasteiger partial charge in [0.05, 0.1) is 10.5 Å². The molecule has 2 aromatic carbocycles. The number of para-hydroxylation sites is 1. The average Bonchev–Trinajstić information content (AvgIpc) is 2.46. The molecule has 0 aliphatic heterocycles. The van der Waals surface area contributed by atoms with Crippen LogP contribution in [0.2, 0.25) is 5.02 Å². The molecule has 6 heteroatoms. The molecule has 21 heavy (non-hydrogen) atoms. The van der Waals surface area contributed by atoms with Gasteiger partial charge in [-0.15, -0.1) is 0 Å². The number of hydrogen-bond donors (Lipinski definition) is 1. The third kappa shape index (κ3) is 3.71. The lowest BCUT2D eigenvalue weighted by Crippen LogP contribution is -2.08. The fraction of sp³-hybridized carbons (Fsp3) is 0.200. The number of hydrogen-bond acceptors (Lipinski definition) is 4. The SMILES string of the molecule is CC(N)c1cc(Cl)ccc1OCc1ccccc1[N+](=O)[O-]. The summed E-state index contributed by atoms with van der Waals surface area (Å²) in [6.07, 6.45) is 0. The number of nitro groups is 1. The van der Waals surface area contributed by atoms with Crippen LogP contribution < -0.4 is 10.5 Å². The maximum absolute atomic E-state index is 11.0. The summed E-state index contributed by atoms with van der Waals surface area (Å²) in [5.74, 6) is 0.576. The second-order valence-corrected chi connectivity index (χ2v) is 5.08. The van der Waals surface area contributed by atoms with Crippen LogP contribution in [0.5, 0.6) is 5.75 Å². The predicted molar refractivity (Wildman–Crippen MR) is 81.5 cm³/mol. The quantitative estimate of drug-likeness (QED) is 0.672. The highest BCUT2D eigenvalue weighted by Crippen LogP contribution is 2.29. The molecule has 0 amide bonds. The maximum atomic E-state index is 11.0. The second kappa shape index (κ2) is 6.56. The van der Waals surface area contributed by atoms with Crippen LogP contribution in [0, 0.1) is 10.1 Å². The van der Waals surface area contributed by atoms with Gasteiger partial charge in [-0.2, -0.15) is 0 Å². The summed E-state index contributed by atoms with van der Waals surface area (Å²) in [7, 11) is 0. The van der Waals surface area contributed by atoms with E-state index in [1.54, 1.807) is 36.4 Å². The predicted octanol–water partition coefficient (Wildman–Crippen LogP) is 3.85. The lowest BCUT2D eigenvalue weighted by Gasteiger charge is -2.14. The van der Waals surface area contributed by atoms with Gasteiger partial charge in [-0.05, 0) is 31.2 Å². The number of nitrogens with two attached hydrogens (primary N) is 1. The Balaban J connectivity index is 2.23. The Bertz CT molecular complexity index is 659. The monoisotopic (exact) mass is 306 g/mol. The van der Waals surface area contributed by atoms with Gasteiger partial charge in [0, 0.05) is 22.7 Å². The third-order valence-corrected chi connectivity index (χ3v) is 3.27. The zero-order valence-electron chi connectivity index (χ0n) is 11.5. The van der Waals surface area contributed by atoms with Gasteiger partial charge >= 0.3 is 0 Å². The van der Waals surface area contributed by atoms with E-state index in [1.165, 1.54) is 6.07 Å². The number of benzene rings is 2. The zero-order chi connectivity index (χ0) is 15.4. The van der Waals surface area contributed by atoms with Gasteiger partial charge in [0.25, 0.3) is 5.69 Å². The first-order valence-corrected chi connectivity index (χ1v) is 6.77. The number of halogens is 1. The van der Waals surface area contributed by atoms with Gasteiger partial charge in [0.15, 0.2) is 0 Å². The molecule has 2 aromatic rings. The Morgan fingerprint density at radius 1 is 1.33 bits per heavy atom. The van der Waals surface area contributed by atoms with Crippen molar-refractivity contribution >= 4 is 17.3 Å². The van der Waals surface area contributed by atoms with E-state index in [0.29, 0.717) is 16.3 Å². The van der Waals surface area contributed by atoms with Gasteiger partial charge in [-0.1, -0.05) is 23.7 Å². The molecule has 1 atom stereocenters. The molecule has 0 heterocycles. The van der Waals surface area contributed by atoms with Crippen molar-refractivity contribution in [1.82, 2.24) is 0 Å². The van der Waals surface area contributed by atoms with Crippen molar-refractivity contribution < 1.29 is 9.66 Å². The molecular formula is C15H15ClN2O3. The summed E-state index contributed by atoms with van der Waals surface area (Å²) in [4.78, 5) is 10.5. The highest BCUT2D eigenvalue weighted by Gasteiger charge is 2.14. The third-order valence-electron chi connectivity index (χ3n) is 3.03. The summed E-state index contributed by atoms with van der Waals surface area (Å²) in [5, 5.41) is 11.5. The lowest BCUT2D eigenvalue weighted by atomic mass is 10.1. The van der Waals surface area contributed by atoms with Crippen molar-refractivity contribution in [2.45, 2.75) is 19.6 Å². The molecule has 1 unspecified atom stereocenters. The van der Waals surface area contributed by atoms with Gasteiger partial charge in [0.2, 0.25) is 0 Å². The Labute approximate surface area is 127 Å². The second-order valence-electron chi connectivity index (χ2n) is 4.65. The number of nitro benzene ring substituents is 1. The molecule has 0 aromatic heterocycles. The highest BCUT2D eigenvalue weighted by molar-refractivity contribution is 6.30. The topological polar surface area (TPSA) is 78.4 Å². The number of nitrogens with zero attached hydrogens (tertiary/aromatic N) is 1. The first-order chi connectivity index (χ1) is 9.99. The standard InChI is InChI=1S/C15H15ClN2O3/c1-10(17)13-8-12(16)6-7-15(13)21-9-11-4-2-3-5-14(11)18(19)20/h2-8,10H,9,17H2,1H3. The van der Waals surface area contributed by atoms with Crippen molar-refractivity contribution in [2.75, 3.05) is 0 Å². The zero-order valence-corrected chi connectivity index (χ0v) is 12.2. The van der Waals surface area contributed by atoms with Gasteiger partial charge < -0.3 is 10.5 Å². The molecule has 0 spiro atoms. The van der Waals surface area contributed by atoms with E-state index in [9.17, 15) is 10.1 Å². The van der Waals surface area contributed by atoms with Crippen LogP contribution in [-0.4, -0.2) is 4.92 Å². The Kier molecular flexibility index (Phi) is 4.77.